The van der Waals surface area contributed by atoms with E-state index in [-0.39, 0.29) is 19.2 Å². The van der Waals surface area contributed by atoms with Crippen LogP contribution in [0.2, 0.25) is 0 Å². The Hall–Kier alpha value is -1.88. The van der Waals surface area contributed by atoms with Gasteiger partial charge >= 0.3 is 5.97 Å². The molecule has 3 N–H and O–H groups in total. The van der Waals surface area contributed by atoms with Crippen LogP contribution < -0.4 is 11.1 Å². The average Bonchev–Trinajstić information content (AvgIpc) is 2.29. The second kappa shape index (κ2) is 6.65. The number of nitrogens with one attached hydrogen (secondary N) is 1. The summed E-state index contributed by atoms with van der Waals surface area (Å²) >= 11 is 0. The highest BCUT2D eigenvalue weighted by atomic mass is 16.5. The molecule has 0 fully saturated rings. The van der Waals surface area contributed by atoms with E-state index >= 15 is 0 Å². The van der Waals surface area contributed by atoms with E-state index in [0.29, 0.717) is 0 Å². The lowest BCUT2D eigenvalue weighted by molar-refractivity contribution is -0.147. The summed E-state index contributed by atoms with van der Waals surface area (Å²) in [5.74, 6) is -0.920. The summed E-state index contributed by atoms with van der Waals surface area (Å²) in [6.07, 6.45) is -0.306. The Kier molecular flexibility index (Phi) is 5.16. The fourth-order valence-corrected chi connectivity index (χ4v) is 1.32. The molecule has 1 atom stereocenters. The molecular formula is C12H16N2O3. The number of carbonyl (C=O) groups excluding carboxylic acids is 2. The zero-order valence-corrected chi connectivity index (χ0v) is 9.68. The van der Waals surface area contributed by atoms with E-state index in [1.807, 2.05) is 30.3 Å². The zero-order chi connectivity index (χ0) is 12.7. The first-order valence-electron chi connectivity index (χ1n) is 5.33. The molecule has 1 aromatic carbocycles. The maximum absolute atomic E-state index is 11.4. The summed E-state index contributed by atoms with van der Waals surface area (Å²) in [6, 6.07) is 9.42. The minimum absolute atomic E-state index is 0.0277. The molecule has 1 unspecified atom stereocenters. The number of amides is 1. The molecule has 0 saturated carbocycles. The van der Waals surface area contributed by atoms with Crippen molar-refractivity contribution in [2.45, 2.75) is 13.0 Å². The molecule has 1 aromatic rings. The molecule has 1 amide bonds. The van der Waals surface area contributed by atoms with Crippen molar-refractivity contribution in [3.63, 3.8) is 0 Å². The first-order chi connectivity index (χ1) is 8.09. The molecule has 0 aromatic heterocycles. The van der Waals surface area contributed by atoms with Crippen molar-refractivity contribution >= 4 is 11.9 Å². The van der Waals surface area contributed by atoms with Gasteiger partial charge in [0.2, 0.25) is 5.91 Å². The van der Waals surface area contributed by atoms with Gasteiger partial charge in [-0.25, -0.2) is 0 Å². The molecule has 0 aliphatic rings. The van der Waals surface area contributed by atoms with Crippen LogP contribution >= 0.6 is 0 Å². The van der Waals surface area contributed by atoms with Crippen LogP contribution in [0.3, 0.4) is 0 Å². The van der Waals surface area contributed by atoms with E-state index in [0.717, 1.165) is 5.56 Å². The number of rotatable bonds is 6. The molecule has 0 aliphatic carbocycles. The van der Waals surface area contributed by atoms with Crippen molar-refractivity contribution in [3.05, 3.63) is 35.9 Å². The lowest BCUT2D eigenvalue weighted by atomic mass is 10.1. The number of ether oxygens (including phenoxy) is 1. The second-order valence-electron chi connectivity index (χ2n) is 3.61. The van der Waals surface area contributed by atoms with Crippen LogP contribution in [0.5, 0.6) is 0 Å². The Bertz CT molecular complexity index is 379. The van der Waals surface area contributed by atoms with E-state index in [1.54, 1.807) is 6.92 Å². The van der Waals surface area contributed by atoms with Gasteiger partial charge in [-0.1, -0.05) is 30.3 Å². The van der Waals surface area contributed by atoms with Gasteiger partial charge in [-0.3, -0.25) is 14.9 Å². The Morgan fingerprint density at radius 2 is 1.94 bits per heavy atom. The number of nitrogens with two attached hydrogens (primary N) is 1. The van der Waals surface area contributed by atoms with Crippen LogP contribution in [0.15, 0.2) is 30.3 Å². The molecule has 17 heavy (non-hydrogen) atoms. The van der Waals surface area contributed by atoms with Crippen molar-refractivity contribution in [1.82, 2.24) is 5.32 Å². The SMILES string of the molecule is CC(OC(=O)CNCC(N)=O)c1ccccc1. The van der Waals surface area contributed by atoms with E-state index in [9.17, 15) is 9.59 Å². The van der Waals surface area contributed by atoms with Crippen LogP contribution in [-0.4, -0.2) is 25.0 Å². The number of benzene rings is 1. The maximum atomic E-state index is 11.4. The highest BCUT2D eigenvalue weighted by Gasteiger charge is 2.10. The smallest absolute Gasteiger partial charge is 0.320 e. The molecule has 1 rings (SSSR count). The summed E-state index contributed by atoms with van der Waals surface area (Å²) < 4.78 is 5.16. The highest BCUT2D eigenvalue weighted by Crippen LogP contribution is 2.15. The lowest BCUT2D eigenvalue weighted by Gasteiger charge is -2.13. The van der Waals surface area contributed by atoms with Gasteiger partial charge in [0.1, 0.15) is 6.10 Å². The predicted octanol–water partition coefficient (Wildman–Crippen LogP) is 0.366. The molecule has 0 aliphatic heterocycles. The molecule has 5 nitrogen and oxygen atoms in total. The van der Waals surface area contributed by atoms with Gasteiger partial charge in [0.05, 0.1) is 13.1 Å². The third-order valence-corrected chi connectivity index (χ3v) is 2.15. The third kappa shape index (κ3) is 5.12. The quantitative estimate of drug-likeness (QED) is 0.699. The van der Waals surface area contributed by atoms with Crippen molar-refractivity contribution in [2.24, 2.45) is 5.73 Å². The van der Waals surface area contributed by atoms with Crippen LogP contribution in [0.1, 0.15) is 18.6 Å². The molecule has 0 saturated heterocycles. The van der Waals surface area contributed by atoms with Gasteiger partial charge in [0.25, 0.3) is 0 Å². The summed E-state index contributed by atoms with van der Waals surface area (Å²) in [4.78, 5) is 21.8. The van der Waals surface area contributed by atoms with Crippen LogP contribution in [0.4, 0.5) is 0 Å². The first kappa shape index (κ1) is 13.2. The number of hydrogen-bond acceptors (Lipinski definition) is 4. The summed E-state index contributed by atoms with van der Waals surface area (Å²) in [7, 11) is 0. The standard InChI is InChI=1S/C12H16N2O3/c1-9(10-5-3-2-4-6-10)17-12(16)8-14-7-11(13)15/h2-6,9,14H,7-8H2,1H3,(H2,13,15). The van der Waals surface area contributed by atoms with Gasteiger partial charge in [0, 0.05) is 0 Å². The number of esters is 1. The number of carbonyl (C=O) groups is 2. The van der Waals surface area contributed by atoms with Crippen LogP contribution in [0.25, 0.3) is 0 Å². The second-order valence-corrected chi connectivity index (χ2v) is 3.61. The van der Waals surface area contributed by atoms with Gasteiger partial charge in [0.15, 0.2) is 0 Å². The molecule has 0 spiro atoms. The highest BCUT2D eigenvalue weighted by molar-refractivity contribution is 5.77. The van der Waals surface area contributed by atoms with Gasteiger partial charge in [-0.15, -0.1) is 0 Å². The van der Waals surface area contributed by atoms with Gasteiger partial charge in [-0.05, 0) is 12.5 Å². The average molecular weight is 236 g/mol. The lowest BCUT2D eigenvalue weighted by Crippen LogP contribution is -2.33. The fraction of sp³-hybridized carbons (Fsp3) is 0.333. The van der Waals surface area contributed by atoms with Crippen LogP contribution in [0, 0.1) is 0 Å². The largest absolute Gasteiger partial charge is 0.457 e. The van der Waals surface area contributed by atoms with Crippen molar-refractivity contribution in [3.8, 4) is 0 Å². The minimum Gasteiger partial charge on any atom is -0.457 e. The monoisotopic (exact) mass is 236 g/mol. The maximum Gasteiger partial charge on any atom is 0.320 e. The molecule has 0 radical (unpaired) electrons. The number of hydrogen-bond donors (Lipinski definition) is 2. The molecule has 0 heterocycles. The predicted molar refractivity (Wildman–Crippen MR) is 63.0 cm³/mol. The van der Waals surface area contributed by atoms with Gasteiger partial charge in [-0.2, -0.15) is 0 Å². The van der Waals surface area contributed by atoms with E-state index < -0.39 is 11.9 Å². The van der Waals surface area contributed by atoms with Crippen LogP contribution in [-0.2, 0) is 14.3 Å². The Morgan fingerprint density at radius 3 is 2.53 bits per heavy atom. The Labute approximate surface area is 99.9 Å². The number of primary amides is 1. The summed E-state index contributed by atoms with van der Waals surface area (Å²) in [6.45, 7) is 1.73. The summed E-state index contributed by atoms with van der Waals surface area (Å²) in [5, 5.41) is 2.59. The molecule has 92 valence electrons. The molecular weight excluding hydrogens is 220 g/mol. The fourth-order valence-electron chi connectivity index (χ4n) is 1.32. The minimum atomic E-state index is -0.506. The zero-order valence-electron chi connectivity index (χ0n) is 9.68. The van der Waals surface area contributed by atoms with E-state index in [1.165, 1.54) is 0 Å². The van der Waals surface area contributed by atoms with Crippen molar-refractivity contribution in [2.75, 3.05) is 13.1 Å². The first-order valence-corrected chi connectivity index (χ1v) is 5.33. The normalized spacial score (nSPS) is 11.8. The Morgan fingerprint density at radius 1 is 1.29 bits per heavy atom. The van der Waals surface area contributed by atoms with Crippen molar-refractivity contribution < 1.29 is 14.3 Å². The van der Waals surface area contributed by atoms with Crippen molar-refractivity contribution in [1.29, 1.82) is 0 Å². The Balaban J connectivity index is 2.34. The molecule has 0 bridgehead atoms. The van der Waals surface area contributed by atoms with Gasteiger partial charge < -0.3 is 10.5 Å². The van der Waals surface area contributed by atoms with E-state index in [4.69, 9.17) is 10.5 Å². The topological polar surface area (TPSA) is 81.4 Å². The van der Waals surface area contributed by atoms with E-state index in [2.05, 4.69) is 5.32 Å². The summed E-state index contributed by atoms with van der Waals surface area (Å²) in [5.41, 5.74) is 5.84. The molecule has 5 heteroatoms. The third-order valence-electron chi connectivity index (χ3n) is 2.15.